The summed E-state index contributed by atoms with van der Waals surface area (Å²) in [6.07, 6.45) is 5.09. The second kappa shape index (κ2) is 4.52. The van der Waals surface area contributed by atoms with Gasteiger partial charge in [-0.3, -0.25) is 4.79 Å². The summed E-state index contributed by atoms with van der Waals surface area (Å²) in [4.78, 5) is 11.6. The van der Waals surface area contributed by atoms with Crippen LogP contribution >= 0.6 is 0 Å². The highest BCUT2D eigenvalue weighted by molar-refractivity contribution is 5.81. The maximum atomic E-state index is 11.6. The lowest BCUT2D eigenvalue weighted by molar-refractivity contribution is -0.122. The Kier molecular flexibility index (Phi) is 3.29. The van der Waals surface area contributed by atoms with Crippen molar-refractivity contribution in [2.24, 2.45) is 11.8 Å². The minimum absolute atomic E-state index is 0.0354. The van der Waals surface area contributed by atoms with E-state index in [0.29, 0.717) is 6.04 Å². The Labute approximate surface area is 92.0 Å². The minimum atomic E-state index is -0.0354. The molecule has 0 aromatic heterocycles. The molecule has 2 N–H and O–H groups in total. The van der Waals surface area contributed by atoms with E-state index in [1.165, 1.54) is 12.8 Å². The molecule has 0 heterocycles. The van der Waals surface area contributed by atoms with Gasteiger partial charge in [-0.1, -0.05) is 6.92 Å². The Morgan fingerprint density at radius 3 is 2.47 bits per heavy atom. The van der Waals surface area contributed by atoms with Crippen LogP contribution in [0.15, 0.2) is 0 Å². The van der Waals surface area contributed by atoms with Gasteiger partial charge in [0.2, 0.25) is 5.91 Å². The van der Waals surface area contributed by atoms with Crippen molar-refractivity contribution in [3.8, 4) is 0 Å². The second-order valence-electron chi connectivity index (χ2n) is 5.23. The Morgan fingerprint density at radius 2 is 1.93 bits per heavy atom. The average molecular weight is 210 g/mol. The van der Waals surface area contributed by atoms with Crippen molar-refractivity contribution in [2.75, 3.05) is 6.54 Å². The number of rotatable bonds is 6. The molecule has 2 unspecified atom stereocenters. The van der Waals surface area contributed by atoms with Crippen molar-refractivity contribution < 1.29 is 4.79 Å². The number of carbonyl (C=O) groups excluding carboxylic acids is 1. The molecule has 3 nitrogen and oxygen atoms in total. The summed E-state index contributed by atoms with van der Waals surface area (Å²) in [5.74, 6) is 1.80. The molecule has 2 rings (SSSR count). The van der Waals surface area contributed by atoms with Crippen molar-refractivity contribution in [3.63, 3.8) is 0 Å². The highest BCUT2D eigenvalue weighted by Crippen LogP contribution is 2.36. The van der Waals surface area contributed by atoms with Crippen LogP contribution in [0.1, 0.15) is 39.5 Å². The number of amides is 1. The highest BCUT2D eigenvalue weighted by atomic mass is 16.2. The van der Waals surface area contributed by atoms with E-state index in [4.69, 9.17) is 0 Å². The van der Waals surface area contributed by atoms with E-state index in [1.807, 2.05) is 6.92 Å². The molecule has 86 valence electrons. The summed E-state index contributed by atoms with van der Waals surface area (Å²) >= 11 is 0. The van der Waals surface area contributed by atoms with Gasteiger partial charge in [0, 0.05) is 6.04 Å². The molecular weight excluding hydrogens is 188 g/mol. The standard InChI is InChI=1S/C12H22N2O/c1-8(10-3-4-10)7-13-9(2)12(15)14-11-5-6-11/h8-11,13H,3-7H2,1-2H3,(H,14,15). The average Bonchev–Trinajstić information content (AvgIpc) is 3.01. The van der Waals surface area contributed by atoms with Gasteiger partial charge in [-0.15, -0.1) is 0 Å². The molecule has 1 amide bonds. The van der Waals surface area contributed by atoms with Crippen LogP contribution < -0.4 is 10.6 Å². The predicted octanol–water partition coefficient (Wildman–Crippen LogP) is 1.29. The van der Waals surface area contributed by atoms with E-state index in [1.54, 1.807) is 0 Å². The third-order valence-electron chi connectivity index (χ3n) is 3.49. The summed E-state index contributed by atoms with van der Waals surface area (Å²) in [6.45, 7) is 5.21. The van der Waals surface area contributed by atoms with Crippen molar-refractivity contribution in [1.82, 2.24) is 10.6 Å². The molecular formula is C12H22N2O. The Hall–Kier alpha value is -0.570. The first-order chi connectivity index (χ1) is 7.16. The molecule has 3 heteroatoms. The maximum Gasteiger partial charge on any atom is 0.237 e. The van der Waals surface area contributed by atoms with Gasteiger partial charge in [0.25, 0.3) is 0 Å². The normalized spacial score (nSPS) is 24.7. The third kappa shape index (κ3) is 3.49. The van der Waals surface area contributed by atoms with Crippen molar-refractivity contribution in [3.05, 3.63) is 0 Å². The van der Waals surface area contributed by atoms with Crippen molar-refractivity contribution in [1.29, 1.82) is 0 Å². The van der Waals surface area contributed by atoms with E-state index in [2.05, 4.69) is 17.6 Å². The molecule has 0 aliphatic heterocycles. The number of nitrogens with one attached hydrogen (secondary N) is 2. The number of carbonyl (C=O) groups is 1. The minimum Gasteiger partial charge on any atom is -0.352 e. The molecule has 2 atom stereocenters. The van der Waals surface area contributed by atoms with Gasteiger partial charge >= 0.3 is 0 Å². The van der Waals surface area contributed by atoms with Crippen LogP contribution in [-0.4, -0.2) is 24.5 Å². The first-order valence-electron chi connectivity index (χ1n) is 6.20. The van der Waals surface area contributed by atoms with Crippen LogP contribution in [0.25, 0.3) is 0 Å². The third-order valence-corrected chi connectivity index (χ3v) is 3.49. The molecule has 0 bridgehead atoms. The fourth-order valence-electron chi connectivity index (χ4n) is 1.84. The summed E-state index contributed by atoms with van der Waals surface area (Å²) < 4.78 is 0. The Bertz CT molecular complexity index is 234. The molecule has 0 aromatic carbocycles. The van der Waals surface area contributed by atoms with E-state index in [-0.39, 0.29) is 11.9 Å². The lowest BCUT2D eigenvalue weighted by Gasteiger charge is -2.17. The lowest BCUT2D eigenvalue weighted by atomic mass is 10.1. The van der Waals surface area contributed by atoms with Gasteiger partial charge in [0.1, 0.15) is 0 Å². The summed E-state index contributed by atoms with van der Waals surface area (Å²) in [7, 11) is 0. The zero-order chi connectivity index (χ0) is 10.8. The van der Waals surface area contributed by atoms with Crippen molar-refractivity contribution >= 4 is 5.91 Å². The summed E-state index contributed by atoms with van der Waals surface area (Å²) in [5, 5.41) is 6.35. The van der Waals surface area contributed by atoms with Crippen LogP contribution in [0.5, 0.6) is 0 Å². The van der Waals surface area contributed by atoms with Gasteiger partial charge in [0.15, 0.2) is 0 Å². The van der Waals surface area contributed by atoms with E-state index in [0.717, 1.165) is 31.2 Å². The van der Waals surface area contributed by atoms with E-state index >= 15 is 0 Å². The Morgan fingerprint density at radius 1 is 1.27 bits per heavy atom. The van der Waals surface area contributed by atoms with Crippen LogP contribution in [0.4, 0.5) is 0 Å². The van der Waals surface area contributed by atoms with Gasteiger partial charge < -0.3 is 10.6 Å². The zero-order valence-corrected chi connectivity index (χ0v) is 9.75. The second-order valence-corrected chi connectivity index (χ2v) is 5.23. The molecule has 2 fully saturated rings. The maximum absolute atomic E-state index is 11.6. The topological polar surface area (TPSA) is 41.1 Å². The predicted molar refractivity (Wildman–Crippen MR) is 60.5 cm³/mol. The number of hydrogen-bond acceptors (Lipinski definition) is 2. The smallest absolute Gasteiger partial charge is 0.237 e. The summed E-state index contributed by atoms with van der Waals surface area (Å²) in [6, 6.07) is 0.439. The zero-order valence-electron chi connectivity index (χ0n) is 9.75. The first kappa shape index (κ1) is 10.9. The van der Waals surface area contributed by atoms with Gasteiger partial charge in [-0.2, -0.15) is 0 Å². The van der Waals surface area contributed by atoms with Crippen LogP contribution in [0.2, 0.25) is 0 Å². The molecule has 2 saturated carbocycles. The van der Waals surface area contributed by atoms with Crippen LogP contribution in [0, 0.1) is 11.8 Å². The van der Waals surface area contributed by atoms with Gasteiger partial charge in [0.05, 0.1) is 6.04 Å². The monoisotopic (exact) mass is 210 g/mol. The fraction of sp³-hybridized carbons (Fsp3) is 0.917. The molecule has 2 aliphatic carbocycles. The van der Waals surface area contributed by atoms with Gasteiger partial charge in [-0.05, 0) is 51.0 Å². The SMILES string of the molecule is CC(NCC(C)C1CC1)C(=O)NC1CC1. The van der Waals surface area contributed by atoms with Crippen molar-refractivity contribution in [2.45, 2.75) is 51.6 Å². The fourth-order valence-corrected chi connectivity index (χ4v) is 1.84. The van der Waals surface area contributed by atoms with Crippen LogP contribution in [-0.2, 0) is 4.79 Å². The highest BCUT2D eigenvalue weighted by Gasteiger charge is 2.29. The molecule has 2 aliphatic rings. The quantitative estimate of drug-likeness (QED) is 0.693. The number of hydrogen-bond donors (Lipinski definition) is 2. The molecule has 0 spiro atoms. The van der Waals surface area contributed by atoms with E-state index < -0.39 is 0 Å². The molecule has 0 radical (unpaired) electrons. The summed E-state index contributed by atoms with van der Waals surface area (Å²) in [5.41, 5.74) is 0. The first-order valence-corrected chi connectivity index (χ1v) is 6.20. The molecule has 0 saturated heterocycles. The van der Waals surface area contributed by atoms with E-state index in [9.17, 15) is 4.79 Å². The van der Waals surface area contributed by atoms with Crippen LogP contribution in [0.3, 0.4) is 0 Å². The lowest BCUT2D eigenvalue weighted by Crippen LogP contribution is -2.44. The van der Waals surface area contributed by atoms with Gasteiger partial charge in [-0.25, -0.2) is 0 Å². The largest absolute Gasteiger partial charge is 0.352 e. The Balaban J connectivity index is 1.61. The molecule has 15 heavy (non-hydrogen) atoms. The molecule has 0 aromatic rings.